The zero-order valence-corrected chi connectivity index (χ0v) is 9.52. The molecule has 2 atom stereocenters. The molecule has 1 aromatic heterocycles. The van der Waals surface area contributed by atoms with Gasteiger partial charge in [0.2, 0.25) is 5.88 Å². The lowest BCUT2D eigenvalue weighted by molar-refractivity contribution is 0.398. The van der Waals surface area contributed by atoms with Crippen LogP contribution in [0.25, 0.3) is 0 Å². The Kier molecular flexibility index (Phi) is 2.44. The predicted octanol–water partition coefficient (Wildman–Crippen LogP) is 0.888. The van der Waals surface area contributed by atoms with E-state index in [1.807, 2.05) is 12.3 Å². The SMILES string of the molecule is COc1cc(N2CC[C@H]3CNC[C@H]32)ccn1. The lowest BCUT2D eigenvalue weighted by Crippen LogP contribution is -2.34. The molecule has 2 aliphatic rings. The molecule has 0 unspecified atom stereocenters. The molecule has 0 amide bonds. The second-order valence-electron chi connectivity index (χ2n) is 4.52. The van der Waals surface area contributed by atoms with E-state index in [0.29, 0.717) is 11.9 Å². The van der Waals surface area contributed by atoms with Crippen LogP contribution in [0.15, 0.2) is 18.3 Å². The minimum atomic E-state index is 0.659. The lowest BCUT2D eigenvalue weighted by Gasteiger charge is -2.25. The van der Waals surface area contributed by atoms with Crippen molar-refractivity contribution in [3.8, 4) is 5.88 Å². The molecule has 2 fully saturated rings. The Bertz CT molecular complexity index is 382. The summed E-state index contributed by atoms with van der Waals surface area (Å²) in [6, 6.07) is 4.76. The Balaban J connectivity index is 1.86. The molecular formula is C12H17N3O. The van der Waals surface area contributed by atoms with Gasteiger partial charge in [0.15, 0.2) is 0 Å². The van der Waals surface area contributed by atoms with Gasteiger partial charge in [0.1, 0.15) is 0 Å². The molecule has 2 aliphatic heterocycles. The minimum absolute atomic E-state index is 0.659. The van der Waals surface area contributed by atoms with Crippen molar-refractivity contribution < 1.29 is 4.74 Å². The number of rotatable bonds is 2. The molecule has 3 heterocycles. The van der Waals surface area contributed by atoms with Crippen molar-refractivity contribution in [1.82, 2.24) is 10.3 Å². The van der Waals surface area contributed by atoms with Crippen LogP contribution >= 0.6 is 0 Å². The third-order valence-corrected chi connectivity index (χ3v) is 3.70. The topological polar surface area (TPSA) is 37.4 Å². The van der Waals surface area contributed by atoms with E-state index < -0.39 is 0 Å². The second kappa shape index (κ2) is 3.94. The Morgan fingerprint density at radius 3 is 3.31 bits per heavy atom. The molecule has 2 saturated heterocycles. The van der Waals surface area contributed by atoms with E-state index in [-0.39, 0.29) is 0 Å². The highest BCUT2D eigenvalue weighted by Gasteiger charge is 2.37. The number of anilines is 1. The summed E-state index contributed by atoms with van der Waals surface area (Å²) in [6.45, 7) is 3.43. The zero-order valence-electron chi connectivity index (χ0n) is 9.52. The molecule has 86 valence electrons. The Morgan fingerprint density at radius 2 is 2.44 bits per heavy atom. The van der Waals surface area contributed by atoms with Gasteiger partial charge in [0.05, 0.1) is 7.11 Å². The van der Waals surface area contributed by atoms with Gasteiger partial charge in [-0.25, -0.2) is 4.98 Å². The summed E-state index contributed by atoms with van der Waals surface area (Å²) < 4.78 is 5.17. The van der Waals surface area contributed by atoms with Gasteiger partial charge in [-0.05, 0) is 18.4 Å². The summed E-state index contributed by atoms with van der Waals surface area (Å²) in [5, 5.41) is 3.46. The summed E-state index contributed by atoms with van der Waals surface area (Å²) in [6.07, 6.45) is 3.12. The van der Waals surface area contributed by atoms with Crippen LogP contribution in [0.1, 0.15) is 6.42 Å². The van der Waals surface area contributed by atoms with Gasteiger partial charge in [-0.15, -0.1) is 0 Å². The van der Waals surface area contributed by atoms with Crippen LogP contribution in [-0.4, -0.2) is 37.8 Å². The van der Waals surface area contributed by atoms with Gasteiger partial charge >= 0.3 is 0 Å². The molecule has 0 aliphatic carbocycles. The van der Waals surface area contributed by atoms with E-state index in [0.717, 1.165) is 19.0 Å². The monoisotopic (exact) mass is 219 g/mol. The maximum absolute atomic E-state index is 5.17. The summed E-state index contributed by atoms with van der Waals surface area (Å²) in [5.41, 5.74) is 1.24. The standard InChI is InChI=1S/C12H17N3O/c1-16-12-6-10(2-4-14-12)15-5-3-9-7-13-8-11(9)15/h2,4,6,9,11,13H,3,5,7-8H2,1H3/t9-,11+/m0/s1. The molecule has 0 spiro atoms. The number of nitrogens with zero attached hydrogens (tertiary/aromatic N) is 2. The summed E-state index contributed by atoms with van der Waals surface area (Å²) in [5.74, 6) is 1.52. The first-order valence-corrected chi connectivity index (χ1v) is 5.86. The van der Waals surface area contributed by atoms with Gasteiger partial charge in [0.25, 0.3) is 0 Å². The fourth-order valence-corrected chi connectivity index (χ4v) is 2.86. The third kappa shape index (κ3) is 1.53. The molecule has 4 nitrogen and oxygen atoms in total. The third-order valence-electron chi connectivity index (χ3n) is 3.70. The second-order valence-corrected chi connectivity index (χ2v) is 4.52. The summed E-state index contributed by atoms with van der Waals surface area (Å²) in [4.78, 5) is 6.63. The van der Waals surface area contributed by atoms with Crippen LogP contribution in [0.2, 0.25) is 0 Å². The van der Waals surface area contributed by atoms with Crippen molar-refractivity contribution in [2.75, 3.05) is 31.6 Å². The molecule has 0 radical (unpaired) electrons. The van der Waals surface area contributed by atoms with Gasteiger partial charge in [-0.2, -0.15) is 0 Å². The smallest absolute Gasteiger partial charge is 0.214 e. The van der Waals surface area contributed by atoms with Gasteiger partial charge in [-0.3, -0.25) is 0 Å². The molecule has 16 heavy (non-hydrogen) atoms. The first kappa shape index (κ1) is 9.90. The van der Waals surface area contributed by atoms with Crippen molar-refractivity contribution in [2.24, 2.45) is 5.92 Å². The number of methoxy groups -OCH3 is 1. The molecule has 4 heteroatoms. The summed E-state index contributed by atoms with van der Waals surface area (Å²) in [7, 11) is 1.66. The van der Waals surface area contributed by atoms with E-state index in [1.54, 1.807) is 7.11 Å². The minimum Gasteiger partial charge on any atom is -0.481 e. The quantitative estimate of drug-likeness (QED) is 0.801. The van der Waals surface area contributed by atoms with Crippen molar-refractivity contribution in [3.05, 3.63) is 18.3 Å². The number of ether oxygens (including phenoxy) is 1. The fourth-order valence-electron chi connectivity index (χ4n) is 2.86. The average molecular weight is 219 g/mol. The van der Waals surface area contributed by atoms with Crippen LogP contribution in [0.3, 0.4) is 0 Å². The van der Waals surface area contributed by atoms with E-state index >= 15 is 0 Å². The Labute approximate surface area is 95.6 Å². The summed E-state index contributed by atoms with van der Waals surface area (Å²) >= 11 is 0. The van der Waals surface area contributed by atoms with Crippen LogP contribution < -0.4 is 15.0 Å². The van der Waals surface area contributed by atoms with Crippen molar-refractivity contribution in [1.29, 1.82) is 0 Å². The first-order valence-electron chi connectivity index (χ1n) is 5.86. The highest BCUT2D eigenvalue weighted by Crippen LogP contribution is 2.32. The van der Waals surface area contributed by atoms with E-state index in [4.69, 9.17) is 4.74 Å². The number of pyridine rings is 1. The molecule has 0 saturated carbocycles. The van der Waals surface area contributed by atoms with E-state index in [9.17, 15) is 0 Å². The number of fused-ring (bicyclic) bond motifs is 1. The Hall–Kier alpha value is -1.29. The number of hydrogen-bond acceptors (Lipinski definition) is 4. The van der Waals surface area contributed by atoms with E-state index in [2.05, 4.69) is 21.3 Å². The first-order chi connectivity index (χ1) is 7.88. The van der Waals surface area contributed by atoms with Crippen LogP contribution in [0.5, 0.6) is 5.88 Å². The van der Waals surface area contributed by atoms with Crippen molar-refractivity contribution >= 4 is 5.69 Å². The number of aromatic nitrogens is 1. The maximum Gasteiger partial charge on any atom is 0.214 e. The fraction of sp³-hybridized carbons (Fsp3) is 0.583. The average Bonchev–Trinajstić information content (AvgIpc) is 2.90. The van der Waals surface area contributed by atoms with Crippen LogP contribution in [0.4, 0.5) is 5.69 Å². The predicted molar refractivity (Wildman–Crippen MR) is 62.9 cm³/mol. The zero-order chi connectivity index (χ0) is 11.0. The molecule has 0 aromatic carbocycles. The Morgan fingerprint density at radius 1 is 1.50 bits per heavy atom. The largest absolute Gasteiger partial charge is 0.481 e. The van der Waals surface area contributed by atoms with Gasteiger partial charge in [0, 0.05) is 43.6 Å². The lowest BCUT2D eigenvalue weighted by atomic mass is 10.1. The van der Waals surface area contributed by atoms with Gasteiger partial charge < -0.3 is 15.0 Å². The van der Waals surface area contributed by atoms with E-state index in [1.165, 1.54) is 18.7 Å². The van der Waals surface area contributed by atoms with Crippen molar-refractivity contribution in [2.45, 2.75) is 12.5 Å². The molecule has 1 N–H and O–H groups in total. The highest BCUT2D eigenvalue weighted by molar-refractivity contribution is 5.50. The maximum atomic E-state index is 5.17. The number of nitrogens with one attached hydrogen (secondary N) is 1. The highest BCUT2D eigenvalue weighted by atomic mass is 16.5. The molecule has 1 aromatic rings. The molecule has 3 rings (SSSR count). The normalized spacial score (nSPS) is 28.2. The van der Waals surface area contributed by atoms with Crippen molar-refractivity contribution in [3.63, 3.8) is 0 Å². The van der Waals surface area contributed by atoms with Crippen LogP contribution in [-0.2, 0) is 0 Å². The van der Waals surface area contributed by atoms with Crippen LogP contribution in [0, 0.1) is 5.92 Å². The molecular weight excluding hydrogens is 202 g/mol. The molecule has 0 bridgehead atoms. The van der Waals surface area contributed by atoms with Gasteiger partial charge in [-0.1, -0.05) is 0 Å². The number of hydrogen-bond donors (Lipinski definition) is 1.